The lowest BCUT2D eigenvalue weighted by molar-refractivity contribution is 0.440. The Morgan fingerprint density at radius 3 is 2.55 bits per heavy atom. The van der Waals surface area contributed by atoms with E-state index in [-0.39, 0.29) is 0 Å². The molecule has 0 aromatic carbocycles. The SMILES string of the molecule is CC(C)CNCc1ccnc(C2CCCCCCC2)n1. The van der Waals surface area contributed by atoms with Crippen LogP contribution in [0.5, 0.6) is 0 Å². The van der Waals surface area contributed by atoms with Crippen LogP contribution in [0, 0.1) is 5.92 Å². The normalized spacial score (nSPS) is 17.9. The molecule has 3 heteroatoms. The molecule has 0 bridgehead atoms. The molecule has 1 heterocycles. The Kier molecular flexibility index (Phi) is 6.44. The molecular formula is C17H29N3. The monoisotopic (exact) mass is 275 g/mol. The first kappa shape index (κ1) is 15.4. The van der Waals surface area contributed by atoms with Crippen LogP contribution in [0.15, 0.2) is 12.3 Å². The first-order valence-corrected chi connectivity index (χ1v) is 8.28. The lowest BCUT2D eigenvalue weighted by atomic mass is 9.90. The fourth-order valence-electron chi connectivity index (χ4n) is 2.91. The Morgan fingerprint density at radius 2 is 1.85 bits per heavy atom. The van der Waals surface area contributed by atoms with Crippen molar-refractivity contribution in [3.8, 4) is 0 Å². The zero-order valence-corrected chi connectivity index (χ0v) is 13.1. The molecule has 0 unspecified atom stereocenters. The molecule has 1 aliphatic rings. The highest BCUT2D eigenvalue weighted by Gasteiger charge is 2.16. The molecule has 2 rings (SSSR count). The predicted octanol–water partition coefficient (Wildman–Crippen LogP) is 4.05. The number of rotatable bonds is 5. The maximum atomic E-state index is 4.79. The molecule has 20 heavy (non-hydrogen) atoms. The van der Waals surface area contributed by atoms with Gasteiger partial charge in [-0.3, -0.25) is 0 Å². The van der Waals surface area contributed by atoms with Gasteiger partial charge < -0.3 is 5.32 Å². The Labute approximate surface area is 123 Å². The van der Waals surface area contributed by atoms with Gasteiger partial charge in [0.05, 0.1) is 5.69 Å². The van der Waals surface area contributed by atoms with E-state index in [1.807, 2.05) is 12.3 Å². The van der Waals surface area contributed by atoms with Gasteiger partial charge in [-0.1, -0.05) is 46.0 Å². The van der Waals surface area contributed by atoms with Gasteiger partial charge in [0.1, 0.15) is 5.82 Å². The van der Waals surface area contributed by atoms with Crippen molar-refractivity contribution in [3.63, 3.8) is 0 Å². The van der Waals surface area contributed by atoms with Crippen molar-refractivity contribution in [1.29, 1.82) is 0 Å². The maximum Gasteiger partial charge on any atom is 0.131 e. The zero-order valence-electron chi connectivity index (χ0n) is 13.1. The maximum absolute atomic E-state index is 4.79. The Bertz CT molecular complexity index is 382. The van der Waals surface area contributed by atoms with E-state index < -0.39 is 0 Å². The predicted molar refractivity (Wildman–Crippen MR) is 83.6 cm³/mol. The number of nitrogens with one attached hydrogen (secondary N) is 1. The number of hydrogen-bond acceptors (Lipinski definition) is 3. The summed E-state index contributed by atoms with van der Waals surface area (Å²) in [6, 6.07) is 2.04. The largest absolute Gasteiger partial charge is 0.311 e. The number of aromatic nitrogens is 2. The Hall–Kier alpha value is -0.960. The summed E-state index contributed by atoms with van der Waals surface area (Å²) in [6.07, 6.45) is 11.3. The van der Waals surface area contributed by atoms with Crippen LogP contribution in [0.2, 0.25) is 0 Å². The highest BCUT2D eigenvalue weighted by Crippen LogP contribution is 2.28. The lowest BCUT2D eigenvalue weighted by Crippen LogP contribution is -2.20. The highest BCUT2D eigenvalue weighted by molar-refractivity contribution is 5.06. The molecule has 112 valence electrons. The summed E-state index contributed by atoms with van der Waals surface area (Å²) in [7, 11) is 0. The average molecular weight is 275 g/mol. The van der Waals surface area contributed by atoms with Crippen molar-refractivity contribution in [2.75, 3.05) is 6.54 Å². The van der Waals surface area contributed by atoms with E-state index in [4.69, 9.17) is 4.98 Å². The van der Waals surface area contributed by atoms with Crippen molar-refractivity contribution in [2.24, 2.45) is 5.92 Å². The third-order valence-corrected chi connectivity index (χ3v) is 4.06. The molecule has 1 aromatic heterocycles. The summed E-state index contributed by atoms with van der Waals surface area (Å²) >= 11 is 0. The summed E-state index contributed by atoms with van der Waals surface area (Å²) in [4.78, 5) is 9.33. The molecule has 0 amide bonds. The van der Waals surface area contributed by atoms with Crippen molar-refractivity contribution in [3.05, 3.63) is 23.8 Å². The average Bonchev–Trinajstić information content (AvgIpc) is 2.38. The molecule has 1 fully saturated rings. The molecule has 0 spiro atoms. The van der Waals surface area contributed by atoms with Gasteiger partial charge >= 0.3 is 0 Å². The van der Waals surface area contributed by atoms with Gasteiger partial charge in [-0.05, 0) is 31.4 Å². The van der Waals surface area contributed by atoms with Crippen LogP contribution in [0.4, 0.5) is 0 Å². The van der Waals surface area contributed by atoms with Gasteiger partial charge in [-0.2, -0.15) is 0 Å². The minimum absolute atomic E-state index is 0.584. The molecule has 1 N–H and O–H groups in total. The fourth-order valence-corrected chi connectivity index (χ4v) is 2.91. The third-order valence-electron chi connectivity index (χ3n) is 4.06. The molecule has 0 atom stereocenters. The van der Waals surface area contributed by atoms with E-state index in [1.165, 1.54) is 44.9 Å². The molecule has 1 aliphatic carbocycles. The Balaban J connectivity index is 1.93. The van der Waals surface area contributed by atoms with Crippen LogP contribution < -0.4 is 5.32 Å². The van der Waals surface area contributed by atoms with Crippen molar-refractivity contribution < 1.29 is 0 Å². The van der Waals surface area contributed by atoms with Crippen LogP contribution in [0.1, 0.15) is 76.2 Å². The minimum atomic E-state index is 0.584. The van der Waals surface area contributed by atoms with Crippen molar-refractivity contribution in [1.82, 2.24) is 15.3 Å². The molecule has 0 saturated heterocycles. The molecule has 0 aliphatic heterocycles. The lowest BCUT2D eigenvalue weighted by Gasteiger charge is -2.18. The van der Waals surface area contributed by atoms with Crippen LogP contribution in [-0.2, 0) is 6.54 Å². The quantitative estimate of drug-likeness (QED) is 0.881. The van der Waals surface area contributed by atoms with Gasteiger partial charge in [0, 0.05) is 18.7 Å². The van der Waals surface area contributed by atoms with Gasteiger partial charge in [-0.15, -0.1) is 0 Å². The highest BCUT2D eigenvalue weighted by atomic mass is 14.9. The molecule has 0 radical (unpaired) electrons. The summed E-state index contributed by atoms with van der Waals surface area (Å²) in [5.41, 5.74) is 1.14. The van der Waals surface area contributed by atoms with E-state index in [9.17, 15) is 0 Å². The minimum Gasteiger partial charge on any atom is -0.311 e. The first-order valence-electron chi connectivity index (χ1n) is 8.28. The van der Waals surface area contributed by atoms with Crippen LogP contribution in [0.25, 0.3) is 0 Å². The second kappa shape index (κ2) is 8.35. The van der Waals surface area contributed by atoms with E-state index in [0.717, 1.165) is 24.6 Å². The fraction of sp³-hybridized carbons (Fsp3) is 0.765. The van der Waals surface area contributed by atoms with Crippen molar-refractivity contribution in [2.45, 2.75) is 71.3 Å². The van der Waals surface area contributed by atoms with Crippen LogP contribution in [-0.4, -0.2) is 16.5 Å². The van der Waals surface area contributed by atoms with Crippen LogP contribution >= 0.6 is 0 Å². The second-order valence-electron chi connectivity index (χ2n) is 6.47. The number of nitrogens with zero attached hydrogens (tertiary/aromatic N) is 2. The summed E-state index contributed by atoms with van der Waals surface area (Å²) in [6.45, 7) is 6.36. The smallest absolute Gasteiger partial charge is 0.131 e. The van der Waals surface area contributed by atoms with E-state index in [2.05, 4.69) is 24.1 Å². The van der Waals surface area contributed by atoms with Gasteiger partial charge in [-0.25, -0.2) is 9.97 Å². The summed E-state index contributed by atoms with van der Waals surface area (Å²) in [5, 5.41) is 3.46. The summed E-state index contributed by atoms with van der Waals surface area (Å²) in [5.74, 6) is 2.35. The Morgan fingerprint density at radius 1 is 1.15 bits per heavy atom. The standard InChI is InChI=1S/C17H29N3/c1-14(2)12-18-13-16-10-11-19-17(20-16)15-8-6-4-3-5-7-9-15/h10-11,14-15,18H,3-9,12-13H2,1-2H3. The zero-order chi connectivity index (χ0) is 14.2. The van der Waals surface area contributed by atoms with E-state index in [1.54, 1.807) is 0 Å². The van der Waals surface area contributed by atoms with E-state index >= 15 is 0 Å². The number of hydrogen-bond donors (Lipinski definition) is 1. The molecule has 3 nitrogen and oxygen atoms in total. The van der Waals surface area contributed by atoms with E-state index in [0.29, 0.717) is 11.8 Å². The first-order chi connectivity index (χ1) is 9.75. The van der Waals surface area contributed by atoms with Gasteiger partial charge in [0.25, 0.3) is 0 Å². The molecular weight excluding hydrogens is 246 g/mol. The topological polar surface area (TPSA) is 37.8 Å². The van der Waals surface area contributed by atoms with Crippen LogP contribution in [0.3, 0.4) is 0 Å². The van der Waals surface area contributed by atoms with Gasteiger partial charge in [0.15, 0.2) is 0 Å². The van der Waals surface area contributed by atoms with Gasteiger partial charge in [0.2, 0.25) is 0 Å². The summed E-state index contributed by atoms with van der Waals surface area (Å²) < 4.78 is 0. The molecule has 1 aromatic rings. The van der Waals surface area contributed by atoms with Crippen molar-refractivity contribution >= 4 is 0 Å². The second-order valence-corrected chi connectivity index (χ2v) is 6.47. The molecule has 1 saturated carbocycles. The third kappa shape index (κ3) is 5.20.